The van der Waals surface area contributed by atoms with Gasteiger partial charge >= 0.3 is 95.6 Å². The summed E-state index contributed by atoms with van der Waals surface area (Å²) >= 11 is 0. The zero-order chi connectivity index (χ0) is 0. The van der Waals surface area contributed by atoms with Crippen molar-refractivity contribution in [3.8, 4) is 0 Å². The summed E-state index contributed by atoms with van der Waals surface area (Å²) in [4.78, 5) is 0. The zero-order valence-corrected chi connectivity index (χ0v) is 20.3. The molecule has 0 spiro atoms. The Hall–Kier alpha value is 3.69. The predicted molar refractivity (Wildman–Crippen MR) is 34.2 cm³/mol. The number of hydrogen-bond donors (Lipinski definition) is 0. The summed E-state index contributed by atoms with van der Waals surface area (Å²) in [6.07, 6.45) is 0. The summed E-state index contributed by atoms with van der Waals surface area (Å²) in [7, 11) is 0. The summed E-state index contributed by atoms with van der Waals surface area (Å²) in [6, 6.07) is 0. The molecular weight excluding hydrogens is 534 g/mol. The third-order valence-corrected chi connectivity index (χ3v) is 0. The first-order valence-electron chi connectivity index (χ1n) is 0. The first-order valence-corrected chi connectivity index (χ1v) is 0. The molecule has 0 heterocycles. The molecule has 0 nitrogen and oxygen atoms in total. The summed E-state index contributed by atoms with van der Waals surface area (Å²) in [5, 5.41) is 0. The molecule has 0 unspecified atom stereocenters. The van der Waals surface area contributed by atoms with Gasteiger partial charge in [0.25, 0.3) is 0 Å². The molecule has 0 N–H and O–H groups in total. The molecule has 0 aromatic carbocycles. The van der Waals surface area contributed by atoms with Crippen LogP contribution in [0.3, 0.4) is 0 Å². The van der Waals surface area contributed by atoms with Crippen LogP contribution in [0.2, 0.25) is 0 Å². The monoisotopic (exact) mass is 546 g/mol. The maximum atomic E-state index is 0. The van der Waals surface area contributed by atoms with Crippen LogP contribution in [0.4, 0.5) is 0 Å². The van der Waals surface area contributed by atoms with Crippen LogP contribution >= 0.6 is 0 Å². The van der Waals surface area contributed by atoms with Gasteiger partial charge in [-0.15, -0.1) is 0 Å². The normalized spacial score (nSPS) is 0. The average Bonchev–Trinajstić information content (AvgIpc) is 0. The zero-order valence-electron chi connectivity index (χ0n) is 3.14. The molecule has 0 aromatic heterocycles. The van der Waals surface area contributed by atoms with Gasteiger partial charge in [0.1, 0.15) is 0 Å². The van der Waals surface area contributed by atoms with Crippen molar-refractivity contribution >= 4 is 95.6 Å². The van der Waals surface area contributed by atoms with Crippen LogP contribution in [-0.4, -0.2) is 95.6 Å². The molecule has 0 saturated heterocycles. The van der Waals surface area contributed by atoms with Crippen molar-refractivity contribution in [1.82, 2.24) is 0 Å². The van der Waals surface area contributed by atoms with E-state index < -0.39 is 0 Å². The summed E-state index contributed by atoms with van der Waals surface area (Å²) in [5.41, 5.74) is 0. The Balaban J connectivity index is 0. The topological polar surface area (TPSA) is 0 Å². The van der Waals surface area contributed by atoms with E-state index in [-0.39, 0.29) is 112 Å². The van der Waals surface area contributed by atoms with E-state index >= 15 is 0 Å². The third-order valence-electron chi connectivity index (χ3n) is 0. The van der Waals surface area contributed by atoms with E-state index in [9.17, 15) is 0 Å². The molecule has 5 heavy (non-hydrogen) atoms. The van der Waals surface area contributed by atoms with Crippen LogP contribution in [0, 0.1) is 0 Å². The molecule has 0 fully saturated rings. The van der Waals surface area contributed by atoms with Gasteiger partial charge in [0.2, 0.25) is 0 Å². The molecule has 0 atom stereocenters. The third kappa shape index (κ3) is 18.3. The Morgan fingerprint density at radius 2 is 0.400 bits per heavy atom. The van der Waals surface area contributed by atoms with E-state index in [4.69, 9.17) is 0 Å². The van der Waals surface area contributed by atoms with Gasteiger partial charge in [0, 0.05) is 16.5 Å². The van der Waals surface area contributed by atoms with Crippen LogP contribution in [-0.2, 0) is 16.5 Å². The van der Waals surface area contributed by atoms with Crippen LogP contribution < -0.4 is 0 Å². The van der Waals surface area contributed by atoms with Crippen molar-refractivity contribution < 1.29 is 16.5 Å². The van der Waals surface area contributed by atoms with E-state index in [1.54, 1.807) is 0 Å². The average molecular weight is 542 g/mol. The van der Waals surface area contributed by atoms with Gasteiger partial charge in [-0.3, -0.25) is 0 Å². The number of rotatable bonds is 0. The Labute approximate surface area is 110 Å². The molecule has 0 bridgehead atoms. The summed E-state index contributed by atoms with van der Waals surface area (Å²) < 4.78 is 0. The van der Waals surface area contributed by atoms with Gasteiger partial charge in [-0.2, -0.15) is 0 Å². The Bertz CT molecular complexity index is 3.61. The molecule has 0 aliphatic carbocycles. The first kappa shape index (κ1) is 37.8. The van der Waals surface area contributed by atoms with E-state index in [2.05, 4.69) is 0 Å². The van der Waals surface area contributed by atoms with Gasteiger partial charge in [-0.05, 0) is 0 Å². The summed E-state index contributed by atoms with van der Waals surface area (Å²) in [5.74, 6) is 0. The molecule has 0 aromatic rings. The second-order valence-corrected chi connectivity index (χ2v) is 0. The predicted octanol–water partition coefficient (Wildman–Crippen LogP) is -3.67. The molecule has 5 heteroatoms. The van der Waals surface area contributed by atoms with Gasteiger partial charge in [-0.25, -0.2) is 0 Å². The van der Waals surface area contributed by atoms with Crippen molar-refractivity contribution in [1.29, 1.82) is 0 Å². The van der Waals surface area contributed by atoms with Gasteiger partial charge in [-0.1, -0.05) is 0 Å². The Morgan fingerprint density at radius 1 is 0.400 bits per heavy atom. The number of hydrogen-bond acceptors (Lipinski definition) is 0. The first-order chi connectivity index (χ1) is 0. The van der Waals surface area contributed by atoms with E-state index in [1.807, 2.05) is 0 Å². The maximum absolute atomic E-state index is 0. The van der Waals surface area contributed by atoms with Gasteiger partial charge in [0.15, 0.2) is 0 Å². The van der Waals surface area contributed by atoms with Crippen molar-refractivity contribution in [2.45, 2.75) is 0 Å². The van der Waals surface area contributed by atoms with Crippen LogP contribution in [0.25, 0.3) is 0 Å². The van der Waals surface area contributed by atoms with Crippen LogP contribution in [0.5, 0.6) is 0 Å². The Morgan fingerprint density at radius 3 is 0.400 bits per heavy atom. The van der Waals surface area contributed by atoms with E-state index in [1.165, 1.54) is 0 Å². The second kappa shape index (κ2) is 25.3. The van der Waals surface area contributed by atoms with Gasteiger partial charge in [0.05, 0.1) is 0 Å². The molecule has 0 amide bonds. The summed E-state index contributed by atoms with van der Waals surface area (Å²) in [6.45, 7) is 0. The Kier molecular flexibility index (Phi) is 191. The fraction of sp³-hybridized carbons (Fsp3) is 0. The van der Waals surface area contributed by atoms with Crippen molar-refractivity contribution in [2.24, 2.45) is 0 Å². The molecule has 34 valence electrons. The molecule has 0 rings (SSSR count). The fourth-order valence-corrected chi connectivity index (χ4v) is 0. The molecule has 0 aliphatic heterocycles. The molecule has 0 saturated carbocycles. The molecule has 0 aliphatic rings. The van der Waals surface area contributed by atoms with Crippen molar-refractivity contribution in [2.75, 3.05) is 0 Å². The minimum absolute atomic E-state index is 0. The van der Waals surface area contributed by atoms with Crippen LogP contribution in [0.1, 0.15) is 0 Å². The molecular formula is H8NiSn4. The SMILES string of the molecule is [Ni].[SnH2].[SnH2].[SnH2].[SnH2]. The standard InChI is InChI=1S/Ni.4Sn.8H. The van der Waals surface area contributed by atoms with Crippen LogP contribution in [0.15, 0.2) is 0 Å². The molecule has 8 radical (unpaired) electrons. The second-order valence-electron chi connectivity index (χ2n) is 0. The van der Waals surface area contributed by atoms with E-state index in [0.29, 0.717) is 0 Å². The van der Waals surface area contributed by atoms with Crippen molar-refractivity contribution in [3.63, 3.8) is 0 Å². The minimum atomic E-state index is 0. The van der Waals surface area contributed by atoms with Gasteiger partial charge < -0.3 is 0 Å². The van der Waals surface area contributed by atoms with E-state index in [0.717, 1.165) is 0 Å². The fourth-order valence-electron chi connectivity index (χ4n) is 0. The van der Waals surface area contributed by atoms with Crippen molar-refractivity contribution in [3.05, 3.63) is 0 Å². The quantitative estimate of drug-likeness (QED) is 0.278.